The normalized spacial score (nSPS) is 25.4. The lowest BCUT2D eigenvalue weighted by Crippen LogP contribution is -2.56. The van der Waals surface area contributed by atoms with Gasteiger partial charge in [0.2, 0.25) is 0 Å². The molecule has 0 aromatic heterocycles. The van der Waals surface area contributed by atoms with Crippen LogP contribution in [0, 0.1) is 0 Å². The zero-order chi connectivity index (χ0) is 15.0. The van der Waals surface area contributed by atoms with Gasteiger partial charge in [0.05, 0.1) is 12.6 Å². The molecule has 2 aliphatic heterocycles. The number of hydrogen-bond donors (Lipinski definition) is 2. The minimum absolute atomic E-state index is 0.0116. The number of nitrogens with two attached hydrogens (primary N) is 1. The molecule has 0 saturated carbocycles. The minimum Gasteiger partial charge on any atom is -0.309 e. The van der Waals surface area contributed by atoms with Crippen LogP contribution in [-0.4, -0.2) is 82.2 Å². The molecule has 2 fully saturated rings. The first-order valence-corrected chi connectivity index (χ1v) is 6.38. The van der Waals surface area contributed by atoms with Gasteiger partial charge < -0.3 is 9.80 Å². The number of hydrogen-bond acceptors (Lipinski definition) is 6. The molecule has 0 aliphatic carbocycles. The smallest absolute Gasteiger partial charge is 0.309 e. The Morgan fingerprint density at radius 1 is 1.40 bits per heavy atom. The molecule has 0 aromatic carbocycles. The summed E-state index contributed by atoms with van der Waals surface area (Å²) in [6, 6.07) is -1.68. The molecule has 2 aliphatic rings. The Hall–Kier alpha value is -1.71. The molecule has 2 unspecified atom stereocenters. The van der Waals surface area contributed by atoms with Crippen LogP contribution >= 0.6 is 0 Å². The molecular weight excluding hydrogens is 266 g/mol. The molecule has 2 heterocycles. The second-order valence-corrected chi connectivity index (χ2v) is 5.37. The zero-order valence-electron chi connectivity index (χ0n) is 11.5. The van der Waals surface area contributed by atoms with Crippen LogP contribution in [0.5, 0.6) is 0 Å². The summed E-state index contributed by atoms with van der Waals surface area (Å²) < 4.78 is 0. The summed E-state index contributed by atoms with van der Waals surface area (Å²) in [4.78, 5) is 38.6. The highest BCUT2D eigenvalue weighted by molar-refractivity contribution is 5.99. The number of hydrazine groups is 1. The summed E-state index contributed by atoms with van der Waals surface area (Å²) in [5, 5.41) is 10.8. The van der Waals surface area contributed by atoms with Crippen LogP contribution in [0.1, 0.15) is 12.8 Å². The number of imide groups is 1. The van der Waals surface area contributed by atoms with E-state index in [1.807, 2.05) is 0 Å². The van der Waals surface area contributed by atoms with Crippen molar-refractivity contribution in [2.75, 3.05) is 27.2 Å². The fourth-order valence-electron chi connectivity index (χ4n) is 2.54. The van der Waals surface area contributed by atoms with Crippen molar-refractivity contribution in [3.05, 3.63) is 0 Å². The number of fused-ring (bicyclic) bond motifs is 2. The average molecular weight is 285 g/mol. The van der Waals surface area contributed by atoms with E-state index in [0.29, 0.717) is 22.9 Å². The van der Waals surface area contributed by atoms with E-state index in [1.165, 1.54) is 4.90 Å². The first-order chi connectivity index (χ1) is 9.32. The summed E-state index contributed by atoms with van der Waals surface area (Å²) in [6.07, 6.45) is 0.889. The molecule has 4 amide bonds. The summed E-state index contributed by atoms with van der Waals surface area (Å²) in [6.45, 7) is 0.291. The Labute approximate surface area is 116 Å². The van der Waals surface area contributed by atoms with E-state index in [-0.39, 0.29) is 19.1 Å². The standard InChI is InChI=1S/C11H19N5O4/c1-13(2)6-9(17)15(12)10(18)8-4-3-7-5-14(8)11(19)16(7)20/h7-8,20H,3-6,12H2,1-2H3. The van der Waals surface area contributed by atoms with Crippen LogP contribution in [0.2, 0.25) is 0 Å². The third-order valence-electron chi connectivity index (χ3n) is 3.59. The number of carbonyl (C=O) groups excluding carboxylic acids is 3. The van der Waals surface area contributed by atoms with Crippen molar-refractivity contribution in [1.29, 1.82) is 0 Å². The number of likely N-dealkylation sites (N-methyl/N-ethyl adjacent to an activating group) is 1. The lowest BCUT2D eigenvalue weighted by atomic mass is 10.00. The van der Waals surface area contributed by atoms with Crippen LogP contribution in [0.4, 0.5) is 4.79 Å². The van der Waals surface area contributed by atoms with Crippen LogP contribution in [0.3, 0.4) is 0 Å². The topological polar surface area (TPSA) is 110 Å². The number of carbonyl (C=O) groups is 3. The maximum Gasteiger partial charge on any atom is 0.344 e. The largest absolute Gasteiger partial charge is 0.344 e. The van der Waals surface area contributed by atoms with Crippen molar-refractivity contribution in [1.82, 2.24) is 19.9 Å². The SMILES string of the molecule is CN(C)CC(=O)N(N)C(=O)C1CCC2CN1C(=O)N2O. The van der Waals surface area contributed by atoms with Crippen LogP contribution < -0.4 is 5.84 Å². The number of nitrogens with zero attached hydrogens (tertiary/aromatic N) is 4. The summed E-state index contributed by atoms with van der Waals surface area (Å²) in [5.41, 5.74) is 0. The number of urea groups is 1. The Balaban J connectivity index is 2.06. The fraction of sp³-hybridized carbons (Fsp3) is 0.727. The summed E-state index contributed by atoms with van der Waals surface area (Å²) >= 11 is 0. The zero-order valence-corrected chi connectivity index (χ0v) is 11.5. The van der Waals surface area contributed by atoms with Crippen molar-refractivity contribution < 1.29 is 19.6 Å². The molecule has 3 N–H and O–H groups in total. The van der Waals surface area contributed by atoms with E-state index in [9.17, 15) is 19.6 Å². The minimum atomic E-state index is -0.785. The van der Waals surface area contributed by atoms with Gasteiger partial charge in [-0.15, -0.1) is 0 Å². The fourth-order valence-corrected chi connectivity index (χ4v) is 2.54. The monoisotopic (exact) mass is 285 g/mol. The van der Waals surface area contributed by atoms with Crippen LogP contribution in [0.25, 0.3) is 0 Å². The van der Waals surface area contributed by atoms with Crippen LogP contribution in [-0.2, 0) is 9.59 Å². The van der Waals surface area contributed by atoms with Gasteiger partial charge in [-0.1, -0.05) is 0 Å². The molecule has 2 bridgehead atoms. The van der Waals surface area contributed by atoms with Gasteiger partial charge in [-0.25, -0.2) is 20.7 Å². The van der Waals surface area contributed by atoms with E-state index < -0.39 is 23.9 Å². The lowest BCUT2D eigenvalue weighted by molar-refractivity contribution is -0.148. The van der Waals surface area contributed by atoms with Crippen molar-refractivity contribution >= 4 is 17.8 Å². The van der Waals surface area contributed by atoms with Crippen molar-refractivity contribution in [2.24, 2.45) is 5.84 Å². The highest BCUT2D eigenvalue weighted by atomic mass is 16.5. The molecule has 0 radical (unpaired) electrons. The van der Waals surface area contributed by atoms with Gasteiger partial charge in [0.1, 0.15) is 6.04 Å². The van der Waals surface area contributed by atoms with Gasteiger partial charge in [0, 0.05) is 6.54 Å². The maximum atomic E-state index is 12.2. The first-order valence-electron chi connectivity index (χ1n) is 6.38. The van der Waals surface area contributed by atoms with E-state index >= 15 is 0 Å². The molecule has 9 heteroatoms. The molecular formula is C11H19N5O4. The van der Waals surface area contributed by atoms with Gasteiger partial charge in [0.25, 0.3) is 11.8 Å². The van der Waals surface area contributed by atoms with E-state index in [0.717, 1.165) is 0 Å². The number of rotatable bonds is 3. The second-order valence-electron chi connectivity index (χ2n) is 5.37. The first kappa shape index (κ1) is 14.7. The van der Waals surface area contributed by atoms with E-state index in [4.69, 9.17) is 5.84 Å². The van der Waals surface area contributed by atoms with Gasteiger partial charge >= 0.3 is 6.03 Å². The van der Waals surface area contributed by atoms with Crippen molar-refractivity contribution in [2.45, 2.75) is 24.9 Å². The Morgan fingerprint density at radius 2 is 2.05 bits per heavy atom. The maximum absolute atomic E-state index is 12.2. The average Bonchev–Trinajstić information content (AvgIpc) is 2.62. The number of amides is 4. The predicted molar refractivity (Wildman–Crippen MR) is 67.1 cm³/mol. The summed E-state index contributed by atoms with van der Waals surface area (Å²) in [5.74, 6) is 4.40. The quantitative estimate of drug-likeness (QED) is 0.281. The van der Waals surface area contributed by atoms with E-state index in [2.05, 4.69) is 0 Å². The molecule has 112 valence electrons. The Bertz CT molecular complexity index is 441. The lowest BCUT2D eigenvalue weighted by Gasteiger charge is -2.31. The molecule has 9 nitrogen and oxygen atoms in total. The highest BCUT2D eigenvalue weighted by Crippen LogP contribution is 2.28. The predicted octanol–water partition coefficient (Wildman–Crippen LogP) is -1.57. The Morgan fingerprint density at radius 3 is 2.65 bits per heavy atom. The van der Waals surface area contributed by atoms with Gasteiger partial charge in [-0.2, -0.15) is 0 Å². The number of hydroxylamine groups is 2. The molecule has 0 aromatic rings. The van der Waals surface area contributed by atoms with E-state index in [1.54, 1.807) is 19.0 Å². The molecule has 2 rings (SSSR count). The second kappa shape index (κ2) is 5.35. The summed E-state index contributed by atoms with van der Waals surface area (Å²) in [7, 11) is 3.38. The van der Waals surface area contributed by atoms with Crippen molar-refractivity contribution in [3.8, 4) is 0 Å². The van der Waals surface area contributed by atoms with Crippen molar-refractivity contribution in [3.63, 3.8) is 0 Å². The number of piperidine rings is 1. The third-order valence-corrected chi connectivity index (χ3v) is 3.59. The highest BCUT2D eigenvalue weighted by Gasteiger charge is 2.48. The Kier molecular flexibility index (Phi) is 3.93. The van der Waals surface area contributed by atoms with Gasteiger partial charge in [0.15, 0.2) is 0 Å². The third kappa shape index (κ3) is 2.47. The van der Waals surface area contributed by atoms with Crippen LogP contribution in [0.15, 0.2) is 0 Å². The van der Waals surface area contributed by atoms with Gasteiger partial charge in [-0.3, -0.25) is 14.8 Å². The molecule has 2 atom stereocenters. The molecule has 20 heavy (non-hydrogen) atoms. The van der Waals surface area contributed by atoms with Gasteiger partial charge in [-0.05, 0) is 26.9 Å². The molecule has 2 saturated heterocycles. The molecule has 0 spiro atoms.